The first-order chi connectivity index (χ1) is 16.0. The van der Waals surface area contributed by atoms with Gasteiger partial charge in [-0.2, -0.15) is 5.26 Å². The minimum absolute atomic E-state index is 0.00422. The van der Waals surface area contributed by atoms with Crippen LogP contribution in [0.4, 0.5) is 0 Å². The zero-order chi connectivity index (χ0) is 23.4. The van der Waals surface area contributed by atoms with Gasteiger partial charge in [0, 0.05) is 13.1 Å². The Bertz CT molecular complexity index is 1390. The Hall–Kier alpha value is -3.83. The molecule has 3 aromatic rings. The maximum Gasteiger partial charge on any atom is 0.273 e. The fraction of sp³-hybridized carbons (Fsp3) is 0.240. The molecule has 1 aliphatic heterocycles. The average molecular weight is 462 g/mol. The van der Waals surface area contributed by atoms with Crippen LogP contribution in [0.2, 0.25) is 0 Å². The number of benzene rings is 2. The largest absolute Gasteiger partial charge is 0.504 e. The molecule has 33 heavy (non-hydrogen) atoms. The van der Waals surface area contributed by atoms with E-state index in [0.29, 0.717) is 33.5 Å². The van der Waals surface area contributed by atoms with Crippen LogP contribution in [0.25, 0.3) is 17.3 Å². The van der Waals surface area contributed by atoms with Crippen LogP contribution in [0.1, 0.15) is 24.8 Å². The number of ether oxygens (including phenoxy) is 1. The molecule has 4 rings (SSSR count). The van der Waals surface area contributed by atoms with Crippen LogP contribution < -0.4 is 19.5 Å². The normalized spacial score (nSPS) is 15.2. The highest BCUT2D eigenvalue weighted by atomic mass is 32.1. The molecule has 8 heteroatoms. The fourth-order valence-corrected chi connectivity index (χ4v) is 4.94. The van der Waals surface area contributed by atoms with Gasteiger partial charge in [-0.1, -0.05) is 24.3 Å². The van der Waals surface area contributed by atoms with Crippen LogP contribution in [0.3, 0.4) is 0 Å². The highest BCUT2D eigenvalue weighted by molar-refractivity contribution is 7.07. The number of amides is 1. The van der Waals surface area contributed by atoms with Gasteiger partial charge in [0.1, 0.15) is 10.7 Å². The van der Waals surface area contributed by atoms with E-state index in [-0.39, 0.29) is 28.5 Å². The van der Waals surface area contributed by atoms with Gasteiger partial charge in [0.2, 0.25) is 0 Å². The predicted molar refractivity (Wildman–Crippen MR) is 127 cm³/mol. The van der Waals surface area contributed by atoms with Gasteiger partial charge in [0.05, 0.1) is 17.3 Å². The number of aromatic nitrogens is 1. The van der Waals surface area contributed by atoms with E-state index in [1.54, 1.807) is 47.4 Å². The van der Waals surface area contributed by atoms with Crippen molar-refractivity contribution >= 4 is 28.9 Å². The lowest BCUT2D eigenvalue weighted by atomic mass is 10.1. The first kappa shape index (κ1) is 22.4. The number of phenols is 1. The van der Waals surface area contributed by atoms with Gasteiger partial charge in [0.25, 0.3) is 11.5 Å². The molecule has 0 atom stereocenters. The number of carbonyl (C=O) groups excluding carboxylic acids is 1. The molecule has 0 radical (unpaired) electrons. The van der Waals surface area contributed by atoms with Crippen LogP contribution in [-0.2, 0) is 4.79 Å². The van der Waals surface area contributed by atoms with Gasteiger partial charge in [-0.25, -0.2) is 0 Å². The summed E-state index contributed by atoms with van der Waals surface area (Å²) in [6.45, 7) is 1.22. The van der Waals surface area contributed by atoms with E-state index in [1.807, 2.05) is 6.07 Å². The Morgan fingerprint density at radius 1 is 1.15 bits per heavy atom. The number of hydrogen-bond acceptors (Lipinski definition) is 6. The second-order valence-electron chi connectivity index (χ2n) is 7.66. The third-order valence-corrected chi connectivity index (χ3v) is 6.61. The third kappa shape index (κ3) is 4.54. The summed E-state index contributed by atoms with van der Waals surface area (Å²) < 4.78 is 7.25. The number of nitriles is 1. The van der Waals surface area contributed by atoms with E-state index in [2.05, 4.69) is 6.07 Å². The number of hydrogen-bond donors (Lipinski definition) is 1. The number of aromatic hydroxyl groups is 1. The molecule has 1 saturated heterocycles. The van der Waals surface area contributed by atoms with Crippen molar-refractivity contribution in [2.24, 2.45) is 0 Å². The number of thiazole rings is 1. The first-order valence-electron chi connectivity index (χ1n) is 10.6. The second-order valence-corrected chi connectivity index (χ2v) is 8.69. The van der Waals surface area contributed by atoms with Crippen LogP contribution in [0.15, 0.2) is 53.3 Å². The quantitative estimate of drug-likeness (QED) is 0.642. The maximum atomic E-state index is 13.4. The number of methoxy groups -OCH3 is 1. The molecule has 1 fully saturated rings. The van der Waals surface area contributed by atoms with Crippen molar-refractivity contribution in [2.75, 3.05) is 20.2 Å². The Morgan fingerprint density at radius 3 is 2.55 bits per heavy atom. The van der Waals surface area contributed by atoms with Gasteiger partial charge in [0.15, 0.2) is 17.1 Å². The Kier molecular flexibility index (Phi) is 6.61. The summed E-state index contributed by atoms with van der Waals surface area (Å²) in [7, 11) is 1.45. The number of carbonyl (C=O) groups is 1. The molecule has 0 unspecified atom stereocenters. The zero-order valence-electron chi connectivity index (χ0n) is 18.2. The molecule has 2 aromatic carbocycles. The summed E-state index contributed by atoms with van der Waals surface area (Å²) in [5.41, 5.74) is 0.865. The van der Waals surface area contributed by atoms with Crippen LogP contribution >= 0.6 is 11.3 Å². The van der Waals surface area contributed by atoms with Crippen LogP contribution in [-0.4, -0.2) is 40.7 Å². The molecule has 0 bridgehead atoms. The number of nitrogens with zero attached hydrogens (tertiary/aromatic N) is 3. The Balaban J connectivity index is 1.97. The van der Waals surface area contributed by atoms with E-state index in [1.165, 1.54) is 17.7 Å². The lowest BCUT2D eigenvalue weighted by Gasteiger charge is -2.26. The Morgan fingerprint density at radius 2 is 1.88 bits per heavy atom. The monoisotopic (exact) mass is 461 g/mol. The van der Waals surface area contributed by atoms with Crippen molar-refractivity contribution in [1.29, 1.82) is 5.26 Å². The highest BCUT2D eigenvalue weighted by Crippen LogP contribution is 2.26. The number of rotatable bonds is 4. The van der Waals surface area contributed by atoms with E-state index >= 15 is 0 Å². The average Bonchev–Trinajstić information content (AvgIpc) is 3.17. The lowest BCUT2D eigenvalue weighted by Crippen LogP contribution is -2.39. The molecule has 7 nitrogen and oxygen atoms in total. The van der Waals surface area contributed by atoms with Gasteiger partial charge >= 0.3 is 0 Å². The first-order valence-corrected chi connectivity index (χ1v) is 11.4. The van der Waals surface area contributed by atoms with Gasteiger partial charge in [-0.3, -0.25) is 14.2 Å². The van der Waals surface area contributed by atoms with Crippen LogP contribution in [0.5, 0.6) is 11.5 Å². The number of para-hydroxylation sites is 1. The molecular formula is C25H23N3O4S. The van der Waals surface area contributed by atoms with E-state index < -0.39 is 0 Å². The molecule has 168 valence electrons. The summed E-state index contributed by atoms with van der Waals surface area (Å²) in [6, 6.07) is 15.8. The molecule has 0 saturated carbocycles. The molecular weight excluding hydrogens is 438 g/mol. The zero-order valence-corrected chi connectivity index (χ0v) is 19.0. The minimum Gasteiger partial charge on any atom is -0.504 e. The molecule has 1 N–H and O–H groups in total. The topological polar surface area (TPSA) is 95.6 Å². The van der Waals surface area contributed by atoms with Crippen molar-refractivity contribution in [3.8, 4) is 23.3 Å². The van der Waals surface area contributed by atoms with Crippen molar-refractivity contribution in [3.63, 3.8) is 0 Å². The molecule has 1 aromatic heterocycles. The van der Waals surface area contributed by atoms with Crippen LogP contribution in [0, 0.1) is 11.3 Å². The Labute approximate surface area is 194 Å². The third-order valence-electron chi connectivity index (χ3n) is 5.52. The van der Waals surface area contributed by atoms with Gasteiger partial charge in [-0.05, 0) is 55.2 Å². The van der Waals surface area contributed by atoms with Gasteiger partial charge in [-0.15, -0.1) is 11.3 Å². The number of piperidine rings is 1. The van der Waals surface area contributed by atoms with Gasteiger partial charge < -0.3 is 14.7 Å². The van der Waals surface area contributed by atoms with E-state index in [4.69, 9.17) is 4.74 Å². The summed E-state index contributed by atoms with van der Waals surface area (Å²) in [6.07, 6.45) is 4.54. The highest BCUT2D eigenvalue weighted by Gasteiger charge is 2.23. The summed E-state index contributed by atoms with van der Waals surface area (Å²) >= 11 is 1.10. The predicted octanol–water partition coefficient (Wildman–Crippen LogP) is 2.13. The molecule has 0 spiro atoms. The molecule has 1 aliphatic rings. The van der Waals surface area contributed by atoms with Crippen molar-refractivity contribution in [1.82, 2.24) is 9.47 Å². The minimum atomic E-state index is -0.346. The molecule has 0 aliphatic carbocycles. The fourth-order valence-electron chi connectivity index (χ4n) is 3.84. The van der Waals surface area contributed by atoms with Crippen molar-refractivity contribution < 1.29 is 14.6 Å². The molecule has 1 amide bonds. The second kappa shape index (κ2) is 9.76. The summed E-state index contributed by atoms with van der Waals surface area (Å²) in [5, 5.41) is 19.8. The lowest BCUT2D eigenvalue weighted by molar-refractivity contribution is -0.125. The standard InChI is InChI=1S/C25H23N3O4S/c1-32-21-14-17(10-11-20(21)29)15-22-24(31)28(18-8-4-2-5-9-18)25(33-22)19(16-26)23(30)27-12-6-3-7-13-27/h2,4-5,8-11,14-15,29H,3,6-7,12-13H2,1H3/b22-15-,25-19-. The smallest absolute Gasteiger partial charge is 0.273 e. The maximum absolute atomic E-state index is 13.4. The molecule has 2 heterocycles. The summed E-state index contributed by atoms with van der Waals surface area (Å²) in [4.78, 5) is 28.4. The number of likely N-dealkylation sites (tertiary alicyclic amines) is 1. The SMILES string of the molecule is COc1cc(/C=c2\s/c(=C(/C#N)C(=O)N3CCCCC3)n(-c3ccccc3)c2=O)ccc1O. The van der Waals surface area contributed by atoms with Crippen molar-refractivity contribution in [3.05, 3.63) is 73.6 Å². The van der Waals surface area contributed by atoms with E-state index in [9.17, 15) is 20.0 Å². The number of phenolic OH excluding ortho intramolecular Hbond substituents is 1. The summed E-state index contributed by atoms with van der Waals surface area (Å²) in [5.74, 6) is -0.0649. The van der Waals surface area contributed by atoms with Crippen molar-refractivity contribution in [2.45, 2.75) is 19.3 Å². The van der Waals surface area contributed by atoms with E-state index in [0.717, 1.165) is 30.6 Å².